The Hall–Kier alpha value is -2.27. The zero-order valence-corrected chi connectivity index (χ0v) is 9.72. The van der Waals surface area contributed by atoms with E-state index in [0.29, 0.717) is 17.9 Å². The summed E-state index contributed by atoms with van der Waals surface area (Å²) in [5.41, 5.74) is 6.49. The van der Waals surface area contributed by atoms with Gasteiger partial charge in [0, 0.05) is 11.3 Å². The van der Waals surface area contributed by atoms with Crippen LogP contribution in [-0.4, -0.2) is 11.0 Å². The fraction of sp³-hybridized carbons (Fsp3) is 0.154. The molecule has 1 aromatic carbocycles. The predicted octanol–water partition coefficient (Wildman–Crippen LogP) is 1.48. The second-order valence-electron chi connectivity index (χ2n) is 3.82. The number of furan rings is 1. The monoisotopic (exact) mass is 246 g/mol. The molecule has 94 valence electrons. The van der Waals surface area contributed by atoms with Crippen molar-refractivity contribution >= 4 is 11.6 Å². The molecule has 0 unspecified atom stereocenters. The van der Waals surface area contributed by atoms with Gasteiger partial charge in [0.2, 0.25) is 5.91 Å². The Labute approximate surface area is 104 Å². The first-order valence-corrected chi connectivity index (χ1v) is 5.51. The molecule has 1 amide bonds. The van der Waals surface area contributed by atoms with Crippen LogP contribution in [-0.2, 0) is 13.2 Å². The standard InChI is InChI=1S/C13H14N2O3/c14-13(17)9-1-3-10(4-2-9)15-7-11-5-6-12(8-16)18-11/h1-6,15-16H,7-8H2,(H2,14,17). The smallest absolute Gasteiger partial charge is 0.248 e. The Morgan fingerprint density at radius 2 is 1.83 bits per heavy atom. The number of hydrogen-bond donors (Lipinski definition) is 3. The van der Waals surface area contributed by atoms with Gasteiger partial charge in [-0.3, -0.25) is 4.79 Å². The third-order valence-corrected chi connectivity index (χ3v) is 2.51. The van der Waals surface area contributed by atoms with Crippen LogP contribution in [0.4, 0.5) is 5.69 Å². The number of hydrogen-bond acceptors (Lipinski definition) is 4. The van der Waals surface area contributed by atoms with Crippen molar-refractivity contribution < 1.29 is 14.3 Å². The van der Waals surface area contributed by atoms with Gasteiger partial charge >= 0.3 is 0 Å². The van der Waals surface area contributed by atoms with Crippen LogP contribution in [0.15, 0.2) is 40.8 Å². The van der Waals surface area contributed by atoms with Crippen LogP contribution in [0.5, 0.6) is 0 Å². The average molecular weight is 246 g/mol. The number of nitrogens with one attached hydrogen (secondary N) is 1. The summed E-state index contributed by atoms with van der Waals surface area (Å²) < 4.78 is 5.33. The topological polar surface area (TPSA) is 88.5 Å². The number of aliphatic hydroxyl groups is 1. The van der Waals surface area contributed by atoms with Crippen molar-refractivity contribution in [3.63, 3.8) is 0 Å². The lowest BCUT2D eigenvalue weighted by molar-refractivity contribution is 0.100. The summed E-state index contributed by atoms with van der Waals surface area (Å²) >= 11 is 0. The molecule has 0 radical (unpaired) electrons. The van der Waals surface area contributed by atoms with Crippen molar-refractivity contribution in [3.05, 3.63) is 53.5 Å². The Balaban J connectivity index is 1.95. The molecule has 0 bridgehead atoms. The fourth-order valence-corrected chi connectivity index (χ4v) is 1.54. The highest BCUT2D eigenvalue weighted by Gasteiger charge is 2.02. The lowest BCUT2D eigenvalue weighted by Crippen LogP contribution is -2.10. The van der Waals surface area contributed by atoms with Crippen LogP contribution >= 0.6 is 0 Å². The molecule has 2 aromatic rings. The van der Waals surface area contributed by atoms with Gasteiger partial charge in [0.25, 0.3) is 0 Å². The van der Waals surface area contributed by atoms with E-state index in [4.69, 9.17) is 15.3 Å². The minimum absolute atomic E-state index is 0.104. The third kappa shape index (κ3) is 2.89. The van der Waals surface area contributed by atoms with Gasteiger partial charge in [-0.15, -0.1) is 0 Å². The van der Waals surface area contributed by atoms with Crippen molar-refractivity contribution in [2.24, 2.45) is 5.73 Å². The van der Waals surface area contributed by atoms with Gasteiger partial charge in [0.1, 0.15) is 18.1 Å². The van der Waals surface area contributed by atoms with Crippen LogP contribution in [0, 0.1) is 0 Å². The van der Waals surface area contributed by atoms with E-state index < -0.39 is 5.91 Å². The molecule has 0 atom stereocenters. The van der Waals surface area contributed by atoms with E-state index in [-0.39, 0.29) is 6.61 Å². The molecule has 5 nitrogen and oxygen atoms in total. The average Bonchev–Trinajstić information content (AvgIpc) is 2.85. The second kappa shape index (κ2) is 5.37. The van der Waals surface area contributed by atoms with Crippen LogP contribution in [0.1, 0.15) is 21.9 Å². The first-order chi connectivity index (χ1) is 8.69. The number of rotatable bonds is 5. The SMILES string of the molecule is NC(=O)c1ccc(NCc2ccc(CO)o2)cc1. The summed E-state index contributed by atoms with van der Waals surface area (Å²) in [6.45, 7) is 0.406. The number of benzene rings is 1. The highest BCUT2D eigenvalue weighted by atomic mass is 16.4. The summed E-state index contributed by atoms with van der Waals surface area (Å²) in [4.78, 5) is 10.9. The van der Waals surface area contributed by atoms with E-state index in [1.165, 1.54) is 0 Å². The van der Waals surface area contributed by atoms with E-state index in [2.05, 4.69) is 5.32 Å². The fourth-order valence-electron chi connectivity index (χ4n) is 1.54. The quantitative estimate of drug-likeness (QED) is 0.745. The van der Waals surface area contributed by atoms with Gasteiger partial charge in [0.15, 0.2) is 0 Å². The van der Waals surface area contributed by atoms with Crippen molar-refractivity contribution in [2.75, 3.05) is 5.32 Å². The summed E-state index contributed by atoms with van der Waals surface area (Å²) in [5, 5.41) is 12.0. The molecule has 0 saturated heterocycles. The number of anilines is 1. The van der Waals surface area contributed by atoms with Crippen LogP contribution in [0.2, 0.25) is 0 Å². The number of nitrogens with two attached hydrogens (primary N) is 1. The zero-order valence-electron chi connectivity index (χ0n) is 9.72. The van der Waals surface area contributed by atoms with Crippen LogP contribution in [0.25, 0.3) is 0 Å². The van der Waals surface area contributed by atoms with Gasteiger partial charge in [-0.05, 0) is 36.4 Å². The Kier molecular flexibility index (Phi) is 3.64. The first-order valence-electron chi connectivity index (χ1n) is 5.51. The van der Waals surface area contributed by atoms with Crippen molar-refractivity contribution in [2.45, 2.75) is 13.2 Å². The summed E-state index contributed by atoms with van der Waals surface area (Å²) in [6, 6.07) is 10.4. The van der Waals surface area contributed by atoms with E-state index in [0.717, 1.165) is 11.4 Å². The maximum absolute atomic E-state index is 10.9. The van der Waals surface area contributed by atoms with Crippen molar-refractivity contribution in [1.29, 1.82) is 0 Å². The predicted molar refractivity (Wildman–Crippen MR) is 66.9 cm³/mol. The lowest BCUT2D eigenvalue weighted by Gasteiger charge is -2.04. The molecular formula is C13H14N2O3. The molecule has 1 aromatic heterocycles. The molecule has 4 N–H and O–H groups in total. The number of primary amides is 1. The molecule has 0 aliphatic carbocycles. The molecule has 0 spiro atoms. The highest BCUT2D eigenvalue weighted by Crippen LogP contribution is 2.13. The molecule has 0 saturated carbocycles. The molecule has 2 rings (SSSR count). The van der Waals surface area contributed by atoms with Gasteiger partial charge < -0.3 is 20.6 Å². The lowest BCUT2D eigenvalue weighted by atomic mass is 10.2. The maximum Gasteiger partial charge on any atom is 0.248 e. The minimum atomic E-state index is -0.444. The Morgan fingerprint density at radius 1 is 1.17 bits per heavy atom. The highest BCUT2D eigenvalue weighted by molar-refractivity contribution is 5.93. The summed E-state index contributed by atoms with van der Waals surface area (Å²) in [6.07, 6.45) is 0. The number of aliphatic hydroxyl groups excluding tert-OH is 1. The number of carbonyl (C=O) groups is 1. The van der Waals surface area contributed by atoms with Gasteiger partial charge in [-0.25, -0.2) is 0 Å². The van der Waals surface area contributed by atoms with E-state index in [1.807, 2.05) is 0 Å². The van der Waals surface area contributed by atoms with Gasteiger partial charge in [0.05, 0.1) is 6.54 Å². The third-order valence-electron chi connectivity index (χ3n) is 2.51. The Bertz CT molecular complexity index is 531. The minimum Gasteiger partial charge on any atom is -0.462 e. The zero-order chi connectivity index (χ0) is 13.0. The van der Waals surface area contributed by atoms with E-state index >= 15 is 0 Å². The molecule has 0 aliphatic rings. The normalized spacial score (nSPS) is 10.3. The van der Waals surface area contributed by atoms with Crippen molar-refractivity contribution in [1.82, 2.24) is 0 Å². The summed E-state index contributed by atoms with van der Waals surface area (Å²) in [5.74, 6) is 0.828. The van der Waals surface area contributed by atoms with Gasteiger partial charge in [-0.2, -0.15) is 0 Å². The Morgan fingerprint density at radius 3 is 2.39 bits per heavy atom. The molecule has 0 fully saturated rings. The largest absolute Gasteiger partial charge is 0.462 e. The molecule has 5 heteroatoms. The van der Waals surface area contributed by atoms with Crippen LogP contribution in [0.3, 0.4) is 0 Å². The number of carbonyl (C=O) groups excluding carboxylic acids is 1. The van der Waals surface area contributed by atoms with Gasteiger partial charge in [-0.1, -0.05) is 0 Å². The first kappa shape index (κ1) is 12.2. The maximum atomic E-state index is 10.9. The van der Waals surface area contributed by atoms with Crippen LogP contribution < -0.4 is 11.1 Å². The summed E-state index contributed by atoms with van der Waals surface area (Å²) in [7, 11) is 0. The van der Waals surface area contributed by atoms with E-state index in [1.54, 1.807) is 36.4 Å². The second-order valence-corrected chi connectivity index (χ2v) is 3.82. The molecular weight excluding hydrogens is 232 g/mol. The molecule has 18 heavy (non-hydrogen) atoms. The number of amides is 1. The van der Waals surface area contributed by atoms with E-state index in [9.17, 15) is 4.79 Å². The molecule has 0 aliphatic heterocycles. The molecule has 1 heterocycles. The van der Waals surface area contributed by atoms with Crippen molar-refractivity contribution in [3.8, 4) is 0 Å².